The third-order valence-electron chi connectivity index (χ3n) is 5.19. The number of nitro benzene ring substituents is 1. The molecule has 0 bridgehead atoms. The Balaban J connectivity index is 1.50. The number of carbonyl (C=O) groups is 4. The second-order valence-corrected chi connectivity index (χ2v) is 7.58. The average molecular weight is 486 g/mol. The second kappa shape index (κ2) is 9.89. The summed E-state index contributed by atoms with van der Waals surface area (Å²) in [6, 6.07) is 16.4. The van der Waals surface area contributed by atoms with E-state index in [9.17, 15) is 34.4 Å². The summed E-state index contributed by atoms with van der Waals surface area (Å²) in [7, 11) is 0. The molecule has 0 aliphatic carbocycles. The number of nitrogens with one attached hydrogen (secondary N) is 1. The number of imide groups is 2. The van der Waals surface area contributed by atoms with Crippen molar-refractivity contribution in [1.82, 2.24) is 5.32 Å². The monoisotopic (exact) mass is 486 g/mol. The molecule has 0 spiro atoms. The minimum Gasteiger partial charge on any atom is -0.545 e. The molecule has 0 aromatic heterocycles. The third-order valence-corrected chi connectivity index (χ3v) is 5.19. The van der Waals surface area contributed by atoms with Gasteiger partial charge >= 0.3 is 6.03 Å². The van der Waals surface area contributed by atoms with Gasteiger partial charge < -0.3 is 14.6 Å². The lowest BCUT2D eigenvalue weighted by atomic mass is 10.1. The molecule has 4 rings (SSSR count). The van der Waals surface area contributed by atoms with Gasteiger partial charge in [0, 0.05) is 12.1 Å². The van der Waals surface area contributed by atoms with E-state index < -0.39 is 28.7 Å². The standard InChI is InChI=1S/C25H17N3O8/c29-22-21(23(30)27(25(33)26-22)18-2-1-3-19(13-18)28(34)35)12-15-6-10-20(11-7-15)36-14-16-4-8-17(9-5-16)24(31)32/h1-13H,14H2,(H,31,32)(H,26,29,33)/p-1/b21-12+. The van der Waals surface area contributed by atoms with Crippen molar-refractivity contribution in [2.75, 3.05) is 4.90 Å². The summed E-state index contributed by atoms with van der Waals surface area (Å²) in [4.78, 5) is 59.5. The predicted molar refractivity (Wildman–Crippen MR) is 124 cm³/mol. The summed E-state index contributed by atoms with van der Waals surface area (Å²) in [5.74, 6) is -2.61. The van der Waals surface area contributed by atoms with Crippen molar-refractivity contribution in [3.8, 4) is 5.75 Å². The van der Waals surface area contributed by atoms with Gasteiger partial charge in [-0.3, -0.25) is 25.0 Å². The molecular formula is C25H16N3O8-. The Hall–Kier alpha value is -5.32. The van der Waals surface area contributed by atoms with Crippen LogP contribution in [0.5, 0.6) is 5.75 Å². The Kier molecular flexibility index (Phi) is 6.55. The van der Waals surface area contributed by atoms with Crippen LogP contribution in [-0.4, -0.2) is 28.7 Å². The molecule has 1 fully saturated rings. The molecule has 3 aromatic rings. The van der Waals surface area contributed by atoms with Gasteiger partial charge in [-0.05, 0) is 41.0 Å². The number of nitro groups is 1. The van der Waals surface area contributed by atoms with Gasteiger partial charge in [0.15, 0.2) is 0 Å². The molecule has 1 aliphatic heterocycles. The van der Waals surface area contributed by atoms with Crippen LogP contribution in [0.25, 0.3) is 6.08 Å². The molecule has 1 N–H and O–H groups in total. The van der Waals surface area contributed by atoms with Crippen molar-refractivity contribution in [2.24, 2.45) is 0 Å². The number of carboxylic acid groups (broad SMARTS) is 1. The van der Waals surface area contributed by atoms with E-state index in [1.807, 2.05) is 0 Å². The number of benzene rings is 3. The van der Waals surface area contributed by atoms with Crippen molar-refractivity contribution in [2.45, 2.75) is 6.61 Å². The Morgan fingerprint density at radius 2 is 1.69 bits per heavy atom. The van der Waals surface area contributed by atoms with Crippen LogP contribution in [0.3, 0.4) is 0 Å². The van der Waals surface area contributed by atoms with Crippen LogP contribution in [-0.2, 0) is 16.2 Å². The number of ether oxygens (including phenoxy) is 1. The normalized spacial score (nSPS) is 14.5. The molecule has 3 aromatic carbocycles. The summed E-state index contributed by atoms with van der Waals surface area (Å²) in [6.45, 7) is 0.176. The zero-order valence-electron chi connectivity index (χ0n) is 18.4. The second-order valence-electron chi connectivity index (χ2n) is 7.58. The van der Waals surface area contributed by atoms with Crippen LogP contribution >= 0.6 is 0 Å². The maximum Gasteiger partial charge on any atom is 0.335 e. The third kappa shape index (κ3) is 5.09. The summed E-state index contributed by atoms with van der Waals surface area (Å²) < 4.78 is 5.66. The fraction of sp³-hybridized carbons (Fsp3) is 0.0400. The fourth-order valence-electron chi connectivity index (χ4n) is 3.37. The number of nitrogens with zero attached hydrogens (tertiary/aromatic N) is 2. The molecule has 0 atom stereocenters. The average Bonchev–Trinajstić information content (AvgIpc) is 2.86. The van der Waals surface area contributed by atoms with E-state index in [1.165, 1.54) is 36.4 Å². The number of non-ortho nitro benzene ring substituents is 1. The van der Waals surface area contributed by atoms with Gasteiger partial charge in [-0.15, -0.1) is 0 Å². The molecule has 11 nitrogen and oxygen atoms in total. The van der Waals surface area contributed by atoms with Crippen LogP contribution in [0.2, 0.25) is 0 Å². The number of hydrogen-bond donors (Lipinski definition) is 1. The summed E-state index contributed by atoms with van der Waals surface area (Å²) in [5.41, 5.74) is 0.558. The van der Waals surface area contributed by atoms with E-state index >= 15 is 0 Å². The molecule has 180 valence electrons. The number of hydrogen-bond acceptors (Lipinski definition) is 8. The van der Waals surface area contributed by atoms with Gasteiger partial charge in [-0.1, -0.05) is 42.5 Å². The largest absolute Gasteiger partial charge is 0.545 e. The number of anilines is 1. The van der Waals surface area contributed by atoms with E-state index in [0.717, 1.165) is 11.6 Å². The SMILES string of the molecule is O=C1NC(=O)N(c2cccc([N+](=O)[O-])c2)C(=O)/C1=C/c1ccc(OCc2ccc(C(=O)[O-])cc2)cc1. The smallest absolute Gasteiger partial charge is 0.335 e. The Bertz CT molecular complexity index is 1410. The Labute approximate surface area is 203 Å². The van der Waals surface area contributed by atoms with Gasteiger partial charge in [0.25, 0.3) is 17.5 Å². The highest BCUT2D eigenvalue weighted by molar-refractivity contribution is 6.39. The maximum atomic E-state index is 13.0. The zero-order chi connectivity index (χ0) is 25.8. The molecular weight excluding hydrogens is 470 g/mol. The zero-order valence-corrected chi connectivity index (χ0v) is 18.4. The number of barbiturate groups is 1. The number of amides is 4. The molecule has 11 heteroatoms. The van der Waals surface area contributed by atoms with Gasteiger partial charge in [0.1, 0.15) is 17.9 Å². The first-order valence-corrected chi connectivity index (χ1v) is 10.4. The number of rotatable bonds is 7. The number of carbonyl (C=O) groups excluding carboxylic acids is 4. The first-order chi connectivity index (χ1) is 17.2. The van der Waals surface area contributed by atoms with E-state index in [1.54, 1.807) is 36.4 Å². The maximum absolute atomic E-state index is 13.0. The number of aromatic carboxylic acids is 1. The van der Waals surface area contributed by atoms with E-state index in [4.69, 9.17) is 4.74 Å². The topological polar surface area (TPSA) is 159 Å². The summed E-state index contributed by atoms with van der Waals surface area (Å²) in [5, 5.41) is 23.9. The first kappa shape index (κ1) is 23.8. The highest BCUT2D eigenvalue weighted by atomic mass is 16.6. The molecule has 0 radical (unpaired) electrons. The summed E-state index contributed by atoms with van der Waals surface area (Å²) in [6.07, 6.45) is 1.29. The van der Waals surface area contributed by atoms with Crippen molar-refractivity contribution in [1.29, 1.82) is 0 Å². The van der Waals surface area contributed by atoms with Gasteiger partial charge in [-0.25, -0.2) is 9.69 Å². The quantitative estimate of drug-likeness (QED) is 0.230. The Morgan fingerprint density at radius 1 is 1.00 bits per heavy atom. The number of urea groups is 1. The highest BCUT2D eigenvalue weighted by Crippen LogP contribution is 2.26. The van der Waals surface area contributed by atoms with Crippen molar-refractivity contribution >= 4 is 41.3 Å². The minimum atomic E-state index is -1.27. The van der Waals surface area contributed by atoms with Gasteiger partial charge in [-0.2, -0.15) is 0 Å². The molecule has 1 aliphatic rings. The highest BCUT2D eigenvalue weighted by Gasteiger charge is 2.37. The lowest BCUT2D eigenvalue weighted by molar-refractivity contribution is -0.384. The van der Waals surface area contributed by atoms with E-state index in [2.05, 4.69) is 5.32 Å². The molecule has 36 heavy (non-hydrogen) atoms. The van der Waals surface area contributed by atoms with Crippen molar-refractivity contribution in [3.63, 3.8) is 0 Å². The fourth-order valence-corrected chi connectivity index (χ4v) is 3.37. The minimum absolute atomic E-state index is 0.0542. The molecule has 0 saturated carbocycles. The van der Waals surface area contributed by atoms with Crippen LogP contribution in [0, 0.1) is 10.1 Å². The molecule has 4 amide bonds. The van der Waals surface area contributed by atoms with E-state index in [0.29, 0.717) is 16.2 Å². The van der Waals surface area contributed by atoms with Crippen LogP contribution in [0.15, 0.2) is 78.4 Å². The van der Waals surface area contributed by atoms with Crippen LogP contribution in [0.4, 0.5) is 16.2 Å². The molecule has 1 saturated heterocycles. The first-order valence-electron chi connectivity index (χ1n) is 10.4. The van der Waals surface area contributed by atoms with Crippen LogP contribution in [0.1, 0.15) is 21.5 Å². The Morgan fingerprint density at radius 3 is 2.33 bits per heavy atom. The predicted octanol–water partition coefficient (Wildman–Crippen LogP) is 2.20. The summed E-state index contributed by atoms with van der Waals surface area (Å²) >= 11 is 0. The molecule has 0 unspecified atom stereocenters. The molecule has 1 heterocycles. The lowest BCUT2D eigenvalue weighted by Gasteiger charge is -2.26. The van der Waals surface area contributed by atoms with Crippen molar-refractivity contribution in [3.05, 3.63) is 105 Å². The van der Waals surface area contributed by atoms with Crippen molar-refractivity contribution < 1.29 is 33.9 Å². The number of carboxylic acids is 1. The lowest BCUT2D eigenvalue weighted by Crippen LogP contribution is -2.54. The van der Waals surface area contributed by atoms with E-state index in [-0.39, 0.29) is 29.1 Å². The van der Waals surface area contributed by atoms with Gasteiger partial charge in [0.2, 0.25) is 0 Å². The van der Waals surface area contributed by atoms with Gasteiger partial charge in [0.05, 0.1) is 16.6 Å². The van der Waals surface area contributed by atoms with Crippen LogP contribution < -0.4 is 20.1 Å².